The van der Waals surface area contributed by atoms with Crippen molar-refractivity contribution in [2.75, 3.05) is 32.0 Å². The number of nitrogens with zero attached hydrogens (tertiary/aromatic N) is 6. The molecule has 35 heavy (non-hydrogen) atoms. The van der Waals surface area contributed by atoms with Gasteiger partial charge in [0.15, 0.2) is 0 Å². The first-order chi connectivity index (χ1) is 16.7. The number of hydrogen-bond donors (Lipinski definition) is 1. The van der Waals surface area contributed by atoms with Crippen molar-refractivity contribution < 1.29 is 22.9 Å². The van der Waals surface area contributed by atoms with Crippen molar-refractivity contribution in [1.29, 1.82) is 0 Å². The lowest BCUT2D eigenvalue weighted by atomic mass is 10.0. The number of amides is 2. The van der Waals surface area contributed by atoms with Crippen LogP contribution in [0.25, 0.3) is 22.8 Å². The molecule has 182 valence electrons. The van der Waals surface area contributed by atoms with Gasteiger partial charge in [0.2, 0.25) is 17.8 Å². The van der Waals surface area contributed by atoms with Crippen molar-refractivity contribution in [3.05, 3.63) is 42.3 Å². The maximum Gasteiger partial charge on any atom is 0.282 e. The second kappa shape index (κ2) is 8.67. The third kappa shape index (κ3) is 4.55. The van der Waals surface area contributed by atoms with Crippen LogP contribution in [0.5, 0.6) is 0 Å². The van der Waals surface area contributed by atoms with Gasteiger partial charge in [-0.3, -0.25) is 9.59 Å². The van der Waals surface area contributed by atoms with Gasteiger partial charge in [0.05, 0.1) is 30.2 Å². The molecule has 5 rings (SSSR count). The molecule has 1 N–H and O–H groups in total. The fraction of sp³-hybridized carbons (Fsp3) is 0.391. The standard InChI is InChI=1S/C23H23F2N7O3/c1-13(20(33)32-11-23(24,25)12-32)27-22-26-8-6-17(29-22)15-4-3-5-16(28-15)18-10-19(35-30-18)14-7-9-31(2)21(14)34/h3-6,8,10,13-14H,7,9,11-12H2,1-2H3,(H,26,27,29)/t13-,14-/m0/s1. The number of anilines is 1. The summed E-state index contributed by atoms with van der Waals surface area (Å²) in [6.45, 7) is 1.09. The molecular weight excluding hydrogens is 460 g/mol. The molecule has 2 aliphatic heterocycles. The molecule has 0 aliphatic carbocycles. The first-order valence-corrected chi connectivity index (χ1v) is 11.2. The van der Waals surface area contributed by atoms with E-state index < -0.39 is 31.0 Å². The van der Waals surface area contributed by atoms with Crippen molar-refractivity contribution in [2.24, 2.45) is 0 Å². The van der Waals surface area contributed by atoms with Gasteiger partial charge in [0, 0.05) is 25.9 Å². The maximum absolute atomic E-state index is 13.1. The van der Waals surface area contributed by atoms with E-state index in [0.717, 1.165) is 4.90 Å². The number of likely N-dealkylation sites (N-methyl/N-ethyl adjacent to an activating group) is 1. The molecule has 2 saturated heterocycles. The zero-order valence-corrected chi connectivity index (χ0v) is 19.1. The first-order valence-electron chi connectivity index (χ1n) is 11.2. The molecule has 3 aromatic rings. The molecule has 0 bridgehead atoms. The van der Waals surface area contributed by atoms with Crippen LogP contribution in [-0.2, 0) is 9.59 Å². The van der Waals surface area contributed by atoms with Crippen LogP contribution in [0.15, 0.2) is 41.1 Å². The first kappa shape index (κ1) is 22.8. The van der Waals surface area contributed by atoms with E-state index in [4.69, 9.17) is 4.52 Å². The third-order valence-electron chi connectivity index (χ3n) is 6.10. The smallest absolute Gasteiger partial charge is 0.282 e. The average molecular weight is 483 g/mol. The molecule has 0 unspecified atom stereocenters. The Bertz CT molecular complexity index is 1270. The van der Waals surface area contributed by atoms with Gasteiger partial charge in [0.1, 0.15) is 23.4 Å². The Balaban J connectivity index is 1.31. The van der Waals surface area contributed by atoms with Gasteiger partial charge in [0.25, 0.3) is 5.92 Å². The number of carbonyl (C=O) groups excluding carboxylic acids is 2. The van der Waals surface area contributed by atoms with E-state index in [1.807, 2.05) is 0 Å². The topological polar surface area (TPSA) is 117 Å². The Kier molecular flexibility index (Phi) is 5.65. The molecule has 10 nitrogen and oxygen atoms in total. The Morgan fingerprint density at radius 1 is 1.17 bits per heavy atom. The lowest BCUT2D eigenvalue weighted by Gasteiger charge is -2.40. The normalized spacial score (nSPS) is 20.0. The number of hydrogen-bond acceptors (Lipinski definition) is 8. The zero-order valence-electron chi connectivity index (χ0n) is 19.1. The highest BCUT2D eigenvalue weighted by Gasteiger charge is 2.47. The number of carbonyl (C=O) groups is 2. The van der Waals surface area contributed by atoms with Crippen LogP contribution in [0.1, 0.15) is 25.0 Å². The van der Waals surface area contributed by atoms with Crippen LogP contribution < -0.4 is 5.32 Å². The van der Waals surface area contributed by atoms with E-state index in [9.17, 15) is 18.4 Å². The molecule has 2 amide bonds. The number of aromatic nitrogens is 4. The summed E-state index contributed by atoms with van der Waals surface area (Å²) in [5.74, 6) is -2.92. The predicted molar refractivity (Wildman–Crippen MR) is 120 cm³/mol. The maximum atomic E-state index is 13.1. The molecule has 3 aromatic heterocycles. The molecule has 2 atom stereocenters. The van der Waals surface area contributed by atoms with E-state index in [-0.39, 0.29) is 17.8 Å². The summed E-state index contributed by atoms with van der Waals surface area (Å²) in [4.78, 5) is 40.5. The van der Waals surface area contributed by atoms with E-state index in [2.05, 4.69) is 25.4 Å². The minimum atomic E-state index is -2.82. The van der Waals surface area contributed by atoms with Crippen LogP contribution in [0, 0.1) is 0 Å². The quantitative estimate of drug-likeness (QED) is 0.568. The van der Waals surface area contributed by atoms with Gasteiger partial charge in [-0.05, 0) is 31.5 Å². The lowest BCUT2D eigenvalue weighted by molar-refractivity contribution is -0.166. The van der Waals surface area contributed by atoms with Gasteiger partial charge in [-0.2, -0.15) is 0 Å². The van der Waals surface area contributed by atoms with Crippen LogP contribution in [0.2, 0.25) is 0 Å². The Labute approximate surface area is 199 Å². The van der Waals surface area contributed by atoms with E-state index in [1.54, 1.807) is 49.2 Å². The predicted octanol–water partition coefficient (Wildman–Crippen LogP) is 2.42. The Morgan fingerprint density at radius 3 is 2.57 bits per heavy atom. The second-order valence-corrected chi connectivity index (χ2v) is 8.81. The fourth-order valence-corrected chi connectivity index (χ4v) is 4.15. The summed E-state index contributed by atoms with van der Waals surface area (Å²) in [7, 11) is 1.76. The minimum absolute atomic E-state index is 0.00551. The molecule has 0 radical (unpaired) electrons. The summed E-state index contributed by atoms with van der Waals surface area (Å²) in [5, 5.41) is 6.96. The van der Waals surface area contributed by atoms with Crippen LogP contribution in [-0.4, -0.2) is 80.4 Å². The monoisotopic (exact) mass is 483 g/mol. The van der Waals surface area contributed by atoms with Crippen LogP contribution >= 0.6 is 0 Å². The number of rotatable bonds is 6. The number of likely N-dealkylation sites (tertiary alicyclic amines) is 2. The van der Waals surface area contributed by atoms with Gasteiger partial charge in [-0.25, -0.2) is 23.7 Å². The second-order valence-electron chi connectivity index (χ2n) is 8.81. The molecular formula is C23H23F2N7O3. The minimum Gasteiger partial charge on any atom is -0.360 e. The zero-order chi connectivity index (χ0) is 24.7. The molecule has 5 heterocycles. The Hall–Kier alpha value is -3.96. The van der Waals surface area contributed by atoms with E-state index >= 15 is 0 Å². The van der Waals surface area contributed by atoms with Gasteiger partial charge >= 0.3 is 0 Å². The third-order valence-corrected chi connectivity index (χ3v) is 6.10. The largest absolute Gasteiger partial charge is 0.360 e. The summed E-state index contributed by atoms with van der Waals surface area (Å²) >= 11 is 0. The summed E-state index contributed by atoms with van der Waals surface area (Å²) in [6.07, 6.45) is 2.19. The van der Waals surface area contributed by atoms with Crippen molar-refractivity contribution in [2.45, 2.75) is 31.2 Å². The highest BCUT2D eigenvalue weighted by molar-refractivity contribution is 5.85. The molecule has 2 aliphatic rings. The van der Waals surface area contributed by atoms with E-state index in [0.29, 0.717) is 41.5 Å². The average Bonchev–Trinajstić information content (AvgIpc) is 3.44. The van der Waals surface area contributed by atoms with Crippen LogP contribution in [0.4, 0.5) is 14.7 Å². The number of pyridine rings is 1. The van der Waals surface area contributed by atoms with Crippen LogP contribution in [0.3, 0.4) is 0 Å². The number of nitrogens with one attached hydrogen (secondary N) is 1. The summed E-state index contributed by atoms with van der Waals surface area (Å²) in [6, 6.07) is 7.97. The van der Waals surface area contributed by atoms with Crippen molar-refractivity contribution in [3.63, 3.8) is 0 Å². The number of halogens is 2. The summed E-state index contributed by atoms with van der Waals surface area (Å²) < 4.78 is 31.6. The van der Waals surface area contributed by atoms with Crippen molar-refractivity contribution in [3.8, 4) is 22.8 Å². The highest BCUT2D eigenvalue weighted by atomic mass is 19.3. The SMILES string of the molecule is C[C@H](Nc1nccc(-c2cccc(-c3cc([C@@H]4CCN(C)C4=O)on3)n2)n1)C(=O)N1CC(F)(F)C1. The van der Waals surface area contributed by atoms with Gasteiger partial charge in [-0.1, -0.05) is 11.2 Å². The molecule has 0 spiro atoms. The molecule has 0 saturated carbocycles. The van der Waals surface area contributed by atoms with Gasteiger partial charge in [-0.15, -0.1) is 0 Å². The number of alkyl halides is 2. The molecule has 2 fully saturated rings. The van der Waals surface area contributed by atoms with Crippen molar-refractivity contribution >= 4 is 17.8 Å². The van der Waals surface area contributed by atoms with Crippen molar-refractivity contribution in [1.82, 2.24) is 29.9 Å². The summed E-state index contributed by atoms with van der Waals surface area (Å²) in [5.41, 5.74) is 2.08. The fourth-order valence-electron chi connectivity index (χ4n) is 4.15. The molecule has 0 aromatic carbocycles. The Morgan fingerprint density at radius 2 is 1.89 bits per heavy atom. The lowest BCUT2D eigenvalue weighted by Crippen LogP contribution is -2.61. The van der Waals surface area contributed by atoms with Gasteiger partial charge < -0.3 is 19.6 Å². The highest BCUT2D eigenvalue weighted by Crippen LogP contribution is 2.31. The van der Waals surface area contributed by atoms with E-state index in [1.165, 1.54) is 6.20 Å². The molecule has 12 heteroatoms.